The number of rotatable bonds is 10. The number of carbonyl (C=O) groups is 3. The van der Waals surface area contributed by atoms with Crippen molar-refractivity contribution in [2.75, 3.05) is 51.2 Å². The number of aryl methyl sites for hydroxylation is 2. The van der Waals surface area contributed by atoms with E-state index in [-0.39, 0.29) is 47.9 Å². The van der Waals surface area contributed by atoms with E-state index in [0.717, 1.165) is 42.9 Å². The van der Waals surface area contributed by atoms with Gasteiger partial charge in [0, 0.05) is 74.5 Å². The number of hydrogen-bond acceptors (Lipinski definition) is 6. The van der Waals surface area contributed by atoms with Gasteiger partial charge in [-0.25, -0.2) is 4.39 Å². The highest BCUT2D eigenvalue weighted by Crippen LogP contribution is 2.30. The number of likely N-dealkylation sites (tertiary alicyclic amines) is 1. The maximum absolute atomic E-state index is 15.6. The minimum absolute atomic E-state index is 0.00941. The number of aldehydes is 1. The van der Waals surface area contributed by atoms with E-state index in [1.54, 1.807) is 24.1 Å². The molecule has 2 amide bonds. The highest BCUT2D eigenvalue weighted by atomic mass is 19.4. The number of ether oxygens (including phenoxy) is 1. The molecule has 0 unspecified atom stereocenters. The van der Waals surface area contributed by atoms with E-state index in [1.807, 2.05) is 35.9 Å². The number of nitrogens with zero attached hydrogens (tertiary/aromatic N) is 4. The zero-order valence-corrected chi connectivity index (χ0v) is 28.6. The van der Waals surface area contributed by atoms with Crippen molar-refractivity contribution in [1.82, 2.24) is 19.3 Å². The minimum atomic E-state index is -4.25. The quantitative estimate of drug-likeness (QED) is 0.227. The fourth-order valence-electron chi connectivity index (χ4n) is 7.79. The van der Waals surface area contributed by atoms with Gasteiger partial charge in [0.1, 0.15) is 12.1 Å². The van der Waals surface area contributed by atoms with Gasteiger partial charge in [0.2, 0.25) is 5.91 Å². The van der Waals surface area contributed by atoms with Crippen molar-refractivity contribution in [2.45, 2.75) is 69.8 Å². The van der Waals surface area contributed by atoms with E-state index in [1.165, 1.54) is 11.0 Å². The Balaban J connectivity index is 1.12. The first-order chi connectivity index (χ1) is 23.9. The topological polar surface area (TPSA) is 87.1 Å². The Bertz CT molecular complexity index is 1690. The van der Waals surface area contributed by atoms with Crippen molar-refractivity contribution in [3.8, 4) is 0 Å². The lowest BCUT2D eigenvalue weighted by Crippen LogP contribution is -2.52. The molecule has 1 saturated carbocycles. The minimum Gasteiger partial charge on any atom is -0.376 e. The number of halogens is 4. The molecule has 2 aromatic carbocycles. The summed E-state index contributed by atoms with van der Waals surface area (Å²) in [4.78, 5) is 43.6. The first kappa shape index (κ1) is 36.0. The molecule has 3 aromatic rings. The predicted molar refractivity (Wildman–Crippen MR) is 181 cm³/mol. The number of fused-ring (bicyclic) bond motifs is 1. The van der Waals surface area contributed by atoms with Gasteiger partial charge in [-0.15, -0.1) is 0 Å². The fourth-order valence-corrected chi connectivity index (χ4v) is 7.79. The summed E-state index contributed by atoms with van der Waals surface area (Å²) in [6.07, 6.45) is 1.97. The van der Waals surface area contributed by atoms with Crippen LogP contribution in [0.4, 0.5) is 23.2 Å². The van der Waals surface area contributed by atoms with Crippen molar-refractivity contribution >= 4 is 34.7 Å². The third kappa shape index (κ3) is 8.38. The van der Waals surface area contributed by atoms with Gasteiger partial charge in [0.05, 0.1) is 37.3 Å². The largest absolute Gasteiger partial charge is 0.401 e. The Morgan fingerprint density at radius 3 is 2.46 bits per heavy atom. The van der Waals surface area contributed by atoms with E-state index in [4.69, 9.17) is 4.74 Å². The van der Waals surface area contributed by atoms with Gasteiger partial charge in [-0.2, -0.15) is 13.2 Å². The normalized spacial score (nSPS) is 23.8. The van der Waals surface area contributed by atoms with Crippen molar-refractivity contribution in [3.63, 3.8) is 0 Å². The molecule has 50 heavy (non-hydrogen) atoms. The molecular weight excluding hydrogens is 654 g/mol. The van der Waals surface area contributed by atoms with Gasteiger partial charge in [-0.1, -0.05) is 24.3 Å². The summed E-state index contributed by atoms with van der Waals surface area (Å²) in [7, 11) is 1.85. The Hall–Kier alpha value is -3.81. The average molecular weight is 700 g/mol. The zero-order chi connectivity index (χ0) is 35.6. The summed E-state index contributed by atoms with van der Waals surface area (Å²) >= 11 is 0. The SMILES string of the molecule is Cc1cc(CC(=O)N2C[C@@H](N3CCN(CC(F)(F)F)CC3)C[C@H]2COC2CCC(C=O)CC2)c(F)cc1NC(=O)c1cn(C)c2ccccc12. The van der Waals surface area contributed by atoms with Crippen LogP contribution in [0.5, 0.6) is 0 Å². The van der Waals surface area contributed by atoms with E-state index >= 15 is 4.39 Å². The van der Waals surface area contributed by atoms with Crippen LogP contribution in [0.1, 0.15) is 53.6 Å². The van der Waals surface area contributed by atoms with Crippen LogP contribution in [0, 0.1) is 18.7 Å². The Morgan fingerprint density at radius 1 is 1.04 bits per heavy atom. The number of carbonyl (C=O) groups excluding carboxylic acids is 3. The van der Waals surface area contributed by atoms with Gasteiger partial charge in [0.15, 0.2) is 0 Å². The summed E-state index contributed by atoms with van der Waals surface area (Å²) in [6, 6.07) is 10.1. The smallest absolute Gasteiger partial charge is 0.376 e. The number of amides is 2. The van der Waals surface area contributed by atoms with Crippen molar-refractivity contribution in [2.24, 2.45) is 13.0 Å². The lowest BCUT2D eigenvalue weighted by atomic mass is 9.88. The van der Waals surface area contributed by atoms with Crippen LogP contribution in [0.25, 0.3) is 10.9 Å². The van der Waals surface area contributed by atoms with Crippen LogP contribution in [0.2, 0.25) is 0 Å². The molecule has 2 aliphatic heterocycles. The van der Waals surface area contributed by atoms with Gasteiger partial charge >= 0.3 is 6.18 Å². The fraction of sp³-hybridized carbons (Fsp3) is 0.541. The number of hydrogen-bond donors (Lipinski definition) is 1. The van der Waals surface area contributed by atoms with Crippen molar-refractivity contribution in [1.29, 1.82) is 0 Å². The molecule has 3 fully saturated rings. The van der Waals surface area contributed by atoms with Gasteiger partial charge < -0.3 is 24.3 Å². The standard InChI is InChI=1S/C37H45F4N5O4/c1-24-15-26(32(38)18-33(24)42-36(49)31-20-43(2)34-6-4-3-5-30(31)34)16-35(48)46-19-27(45-13-11-44(12-14-45)23-37(39,40)41)17-28(46)22-50-29-9-7-25(21-47)8-10-29/h3-6,15,18,20-21,25,27-29H,7-14,16-17,19,22-23H2,1-2H3,(H,42,49)/t25?,27-,28-,29?/m0/s1. The third-order valence-electron chi connectivity index (χ3n) is 10.6. The molecule has 3 aliphatic rings. The number of nitrogens with one attached hydrogen (secondary N) is 1. The molecular formula is C37H45F4N5O4. The molecule has 0 radical (unpaired) electrons. The number of alkyl halides is 3. The molecule has 1 aliphatic carbocycles. The average Bonchev–Trinajstić information content (AvgIpc) is 3.67. The summed E-state index contributed by atoms with van der Waals surface area (Å²) in [5, 5.41) is 3.62. The van der Waals surface area contributed by atoms with E-state index in [2.05, 4.69) is 10.2 Å². The molecule has 1 aromatic heterocycles. The maximum Gasteiger partial charge on any atom is 0.401 e. The van der Waals surface area contributed by atoms with Crippen LogP contribution >= 0.6 is 0 Å². The number of aromatic nitrogens is 1. The van der Waals surface area contributed by atoms with Crippen LogP contribution in [-0.2, 0) is 27.8 Å². The number of piperazine rings is 1. The first-order valence-electron chi connectivity index (χ1n) is 17.4. The molecule has 0 spiro atoms. The van der Waals surface area contributed by atoms with Crippen molar-refractivity contribution < 1.29 is 36.7 Å². The monoisotopic (exact) mass is 699 g/mol. The molecule has 9 nitrogen and oxygen atoms in total. The van der Waals surface area contributed by atoms with E-state index in [9.17, 15) is 27.6 Å². The molecule has 13 heteroatoms. The highest BCUT2D eigenvalue weighted by Gasteiger charge is 2.40. The summed E-state index contributed by atoms with van der Waals surface area (Å²) in [5.41, 5.74) is 2.52. The molecule has 2 saturated heterocycles. The van der Waals surface area contributed by atoms with Gasteiger partial charge in [-0.3, -0.25) is 19.4 Å². The first-order valence-corrected chi connectivity index (χ1v) is 17.4. The van der Waals surface area contributed by atoms with E-state index < -0.39 is 18.5 Å². The summed E-state index contributed by atoms with van der Waals surface area (Å²) in [6.45, 7) is 3.01. The maximum atomic E-state index is 15.6. The van der Waals surface area contributed by atoms with Crippen molar-refractivity contribution in [3.05, 3.63) is 65.1 Å². The molecule has 1 N–H and O–H groups in total. The third-order valence-corrected chi connectivity index (χ3v) is 10.6. The second-order valence-electron chi connectivity index (χ2n) is 14.1. The number of anilines is 1. The second-order valence-corrected chi connectivity index (χ2v) is 14.1. The molecule has 6 rings (SSSR count). The molecule has 270 valence electrons. The predicted octanol–water partition coefficient (Wildman–Crippen LogP) is 5.34. The molecule has 0 bridgehead atoms. The summed E-state index contributed by atoms with van der Waals surface area (Å²) in [5.74, 6) is -1.17. The second kappa shape index (κ2) is 15.2. The molecule has 2 atom stereocenters. The van der Waals surface area contributed by atoms with Crippen LogP contribution in [-0.4, -0.2) is 108 Å². The van der Waals surface area contributed by atoms with Gasteiger partial charge in [0.25, 0.3) is 5.91 Å². The van der Waals surface area contributed by atoms with E-state index in [0.29, 0.717) is 62.6 Å². The number of benzene rings is 2. The lowest BCUT2D eigenvalue weighted by Gasteiger charge is -2.38. The Labute approximate surface area is 289 Å². The van der Waals surface area contributed by atoms with Gasteiger partial charge in [-0.05, 0) is 62.3 Å². The Kier molecular flexibility index (Phi) is 10.9. The zero-order valence-electron chi connectivity index (χ0n) is 28.6. The highest BCUT2D eigenvalue weighted by molar-refractivity contribution is 6.13. The summed E-state index contributed by atoms with van der Waals surface area (Å²) < 4.78 is 62.6. The Morgan fingerprint density at radius 2 is 1.76 bits per heavy atom. The molecule has 3 heterocycles. The van der Waals surface area contributed by atoms with Crippen LogP contribution in [0.15, 0.2) is 42.6 Å². The lowest BCUT2D eigenvalue weighted by molar-refractivity contribution is -0.150. The van der Waals surface area contributed by atoms with Crippen LogP contribution in [0.3, 0.4) is 0 Å². The van der Waals surface area contributed by atoms with Crippen LogP contribution < -0.4 is 5.32 Å². The number of para-hydroxylation sites is 1.